The molecule has 0 fully saturated rings. The molecule has 4 rings (SSSR count). The van der Waals surface area contributed by atoms with Gasteiger partial charge in [-0.05, 0) is 111 Å². The lowest BCUT2D eigenvalue weighted by Crippen LogP contribution is -2.12. The van der Waals surface area contributed by atoms with Crippen LogP contribution in [0.15, 0.2) is 18.2 Å². The molecule has 0 saturated carbocycles. The van der Waals surface area contributed by atoms with Gasteiger partial charge in [-0.3, -0.25) is 0 Å². The number of ether oxygens (including phenoxy) is 1. The maximum absolute atomic E-state index is 6.56. The van der Waals surface area contributed by atoms with Gasteiger partial charge in [0.1, 0.15) is 5.75 Å². The monoisotopic (exact) mass is 409 g/mol. The molecule has 0 saturated heterocycles. The maximum Gasteiger partial charge on any atom is 0.123 e. The van der Waals surface area contributed by atoms with E-state index in [0.717, 1.165) is 24.3 Å². The van der Waals surface area contributed by atoms with Gasteiger partial charge in [0.25, 0.3) is 0 Å². The highest BCUT2D eigenvalue weighted by Crippen LogP contribution is 2.44. The Morgan fingerprint density at radius 1 is 0.800 bits per heavy atom. The van der Waals surface area contributed by atoms with Crippen LogP contribution in [-0.2, 0) is 25.7 Å². The van der Waals surface area contributed by atoms with Gasteiger partial charge in [0.05, 0.1) is 6.61 Å². The van der Waals surface area contributed by atoms with E-state index in [-0.39, 0.29) is 0 Å². The molecule has 0 atom stereocenters. The molecule has 2 aliphatic carbocycles. The second kappa shape index (κ2) is 12.0. The Bertz CT molecular complexity index is 822. The summed E-state index contributed by atoms with van der Waals surface area (Å²) < 4.78 is 6.01. The van der Waals surface area contributed by atoms with Crippen LogP contribution in [0.2, 0.25) is 0 Å². The standard InChI is InChI=1S/C23H29NO.C3H8.C2H6/c1-3-25-21-14-17-9-5-7-11-19(17)22(15(21)2)23-18-10-6-4-8-16(18)12-13-20(23)24;1-3-2;1-2/h12-14H,3-11,24H2,1-2H3;3H2,1-2H3;1-2H3. The van der Waals surface area contributed by atoms with E-state index in [0.29, 0.717) is 6.61 Å². The molecule has 0 radical (unpaired) electrons. The van der Waals surface area contributed by atoms with Crippen molar-refractivity contribution in [2.24, 2.45) is 0 Å². The van der Waals surface area contributed by atoms with Crippen molar-refractivity contribution in [3.05, 3.63) is 46.0 Å². The van der Waals surface area contributed by atoms with E-state index in [1.54, 1.807) is 0 Å². The van der Waals surface area contributed by atoms with Gasteiger partial charge in [-0.25, -0.2) is 0 Å². The first-order valence-electron chi connectivity index (χ1n) is 12.3. The average molecular weight is 410 g/mol. The van der Waals surface area contributed by atoms with E-state index in [1.807, 2.05) is 13.8 Å². The summed E-state index contributed by atoms with van der Waals surface area (Å²) in [4.78, 5) is 0. The Balaban J connectivity index is 0.000000590. The Morgan fingerprint density at radius 2 is 1.33 bits per heavy atom. The number of aryl methyl sites for hydroxylation is 2. The molecule has 0 aliphatic heterocycles. The third kappa shape index (κ3) is 5.20. The lowest BCUT2D eigenvalue weighted by atomic mass is 9.78. The highest BCUT2D eigenvalue weighted by molar-refractivity contribution is 5.86. The Morgan fingerprint density at radius 3 is 1.93 bits per heavy atom. The first-order valence-corrected chi connectivity index (χ1v) is 12.3. The molecule has 0 unspecified atom stereocenters. The summed E-state index contributed by atoms with van der Waals surface area (Å²) in [6.45, 7) is 13.2. The first kappa shape index (κ1) is 24.3. The van der Waals surface area contributed by atoms with Crippen molar-refractivity contribution < 1.29 is 4.74 Å². The second-order valence-corrected chi connectivity index (χ2v) is 8.23. The van der Waals surface area contributed by atoms with E-state index in [1.165, 1.54) is 83.9 Å². The molecule has 0 bridgehead atoms. The maximum atomic E-state index is 6.56. The minimum Gasteiger partial charge on any atom is -0.494 e. The lowest BCUT2D eigenvalue weighted by molar-refractivity contribution is 0.337. The summed E-state index contributed by atoms with van der Waals surface area (Å²) in [7, 11) is 0. The topological polar surface area (TPSA) is 35.2 Å². The van der Waals surface area contributed by atoms with Crippen LogP contribution in [0.3, 0.4) is 0 Å². The molecule has 166 valence electrons. The highest BCUT2D eigenvalue weighted by atomic mass is 16.5. The fourth-order valence-electron chi connectivity index (χ4n) is 4.77. The van der Waals surface area contributed by atoms with Gasteiger partial charge in [-0.15, -0.1) is 0 Å². The van der Waals surface area contributed by atoms with E-state index in [9.17, 15) is 0 Å². The number of nitrogens with two attached hydrogens (primary N) is 1. The minimum absolute atomic E-state index is 0.710. The van der Waals surface area contributed by atoms with Crippen molar-refractivity contribution in [3.63, 3.8) is 0 Å². The zero-order chi connectivity index (χ0) is 22.1. The molecule has 2 nitrogen and oxygen atoms in total. The molecule has 0 aromatic heterocycles. The Kier molecular flexibility index (Phi) is 9.75. The van der Waals surface area contributed by atoms with E-state index >= 15 is 0 Å². The highest BCUT2D eigenvalue weighted by Gasteiger charge is 2.25. The fourth-order valence-corrected chi connectivity index (χ4v) is 4.77. The number of hydrogen-bond acceptors (Lipinski definition) is 2. The largest absolute Gasteiger partial charge is 0.494 e. The zero-order valence-corrected chi connectivity index (χ0v) is 20.3. The number of rotatable bonds is 3. The van der Waals surface area contributed by atoms with Crippen LogP contribution in [0.4, 0.5) is 5.69 Å². The smallest absolute Gasteiger partial charge is 0.123 e. The quantitative estimate of drug-likeness (QED) is 0.524. The van der Waals surface area contributed by atoms with Crippen LogP contribution in [0, 0.1) is 6.92 Å². The molecule has 2 aromatic rings. The van der Waals surface area contributed by atoms with E-state index < -0.39 is 0 Å². The predicted molar refractivity (Wildman–Crippen MR) is 133 cm³/mol. The molecule has 0 spiro atoms. The first-order chi connectivity index (χ1) is 14.6. The third-order valence-electron chi connectivity index (χ3n) is 5.98. The SMILES string of the molecule is CC.CCC.CCOc1cc2c(c(-c3c(N)ccc4c3CCCC4)c1C)CCCC2. The number of nitrogen functional groups attached to an aromatic ring is 1. The predicted octanol–water partition coefficient (Wildman–Crippen LogP) is 7.84. The molecular weight excluding hydrogens is 366 g/mol. The van der Waals surface area contributed by atoms with Gasteiger partial charge < -0.3 is 10.5 Å². The number of hydrogen-bond donors (Lipinski definition) is 1. The Hall–Kier alpha value is -1.96. The second-order valence-electron chi connectivity index (χ2n) is 8.23. The van der Waals surface area contributed by atoms with Crippen LogP contribution in [0.1, 0.15) is 94.5 Å². The van der Waals surface area contributed by atoms with Gasteiger partial charge in [0.15, 0.2) is 0 Å². The minimum atomic E-state index is 0.710. The zero-order valence-electron chi connectivity index (χ0n) is 20.3. The van der Waals surface area contributed by atoms with Crippen molar-refractivity contribution >= 4 is 5.69 Å². The normalized spacial score (nSPS) is 14.3. The van der Waals surface area contributed by atoms with Gasteiger partial charge in [0.2, 0.25) is 0 Å². The molecule has 30 heavy (non-hydrogen) atoms. The van der Waals surface area contributed by atoms with Crippen molar-refractivity contribution in [3.8, 4) is 16.9 Å². The summed E-state index contributed by atoms with van der Waals surface area (Å²) in [5, 5.41) is 0. The van der Waals surface area contributed by atoms with Crippen LogP contribution < -0.4 is 10.5 Å². The summed E-state index contributed by atoms with van der Waals surface area (Å²) in [6, 6.07) is 6.67. The van der Waals surface area contributed by atoms with E-state index in [2.05, 4.69) is 45.9 Å². The average Bonchev–Trinajstić information content (AvgIpc) is 2.77. The fraction of sp³-hybridized carbons (Fsp3) is 0.571. The van der Waals surface area contributed by atoms with Crippen molar-refractivity contribution in [1.29, 1.82) is 0 Å². The van der Waals surface area contributed by atoms with Crippen molar-refractivity contribution in [1.82, 2.24) is 0 Å². The van der Waals surface area contributed by atoms with Gasteiger partial charge >= 0.3 is 0 Å². The van der Waals surface area contributed by atoms with Crippen LogP contribution in [0.25, 0.3) is 11.1 Å². The summed E-state index contributed by atoms with van der Waals surface area (Å²) in [5.74, 6) is 1.05. The molecular formula is C28H43NO. The summed E-state index contributed by atoms with van der Waals surface area (Å²) in [6.07, 6.45) is 11.1. The summed E-state index contributed by atoms with van der Waals surface area (Å²) in [5.41, 5.74) is 17.5. The molecule has 2 aromatic carbocycles. The molecule has 2 N–H and O–H groups in total. The van der Waals surface area contributed by atoms with Crippen molar-refractivity contribution in [2.45, 2.75) is 99.3 Å². The number of anilines is 1. The van der Waals surface area contributed by atoms with Gasteiger partial charge in [0, 0.05) is 11.3 Å². The Labute approximate surface area is 185 Å². The molecule has 2 aliphatic rings. The lowest BCUT2D eigenvalue weighted by Gasteiger charge is -2.28. The molecule has 2 heteroatoms. The number of fused-ring (bicyclic) bond motifs is 2. The van der Waals surface area contributed by atoms with E-state index in [4.69, 9.17) is 10.5 Å². The third-order valence-corrected chi connectivity index (χ3v) is 5.98. The van der Waals surface area contributed by atoms with Gasteiger partial charge in [-0.1, -0.05) is 40.2 Å². The molecule has 0 amide bonds. The number of benzene rings is 2. The van der Waals surface area contributed by atoms with Crippen LogP contribution >= 0.6 is 0 Å². The van der Waals surface area contributed by atoms with Crippen LogP contribution in [0.5, 0.6) is 5.75 Å². The summed E-state index contributed by atoms with van der Waals surface area (Å²) >= 11 is 0. The van der Waals surface area contributed by atoms with Crippen LogP contribution in [-0.4, -0.2) is 6.61 Å². The van der Waals surface area contributed by atoms with Gasteiger partial charge in [-0.2, -0.15) is 0 Å². The molecule has 0 heterocycles. The van der Waals surface area contributed by atoms with Crippen molar-refractivity contribution in [2.75, 3.05) is 12.3 Å².